The number of rotatable bonds is 6. The first kappa shape index (κ1) is 13.3. The molecule has 0 amide bonds. The largest absolute Gasteiger partial charge is 0.311 e. The van der Waals surface area contributed by atoms with Crippen LogP contribution in [0.5, 0.6) is 0 Å². The fourth-order valence-electron chi connectivity index (χ4n) is 1.88. The van der Waals surface area contributed by atoms with Crippen LogP contribution in [0.3, 0.4) is 0 Å². The third-order valence-corrected chi connectivity index (χ3v) is 5.57. The van der Waals surface area contributed by atoms with Crippen molar-refractivity contribution in [1.29, 1.82) is 0 Å². The third-order valence-electron chi connectivity index (χ3n) is 2.73. The van der Waals surface area contributed by atoms with Crippen LogP contribution in [0.2, 0.25) is 0 Å². The predicted octanol–water partition coefficient (Wildman–Crippen LogP) is 2.23. The second-order valence-corrected chi connectivity index (χ2v) is 6.87. The van der Waals surface area contributed by atoms with Gasteiger partial charge >= 0.3 is 0 Å². The van der Waals surface area contributed by atoms with Crippen molar-refractivity contribution in [3.05, 3.63) is 18.0 Å². The van der Waals surface area contributed by atoms with Crippen LogP contribution in [0.25, 0.3) is 0 Å². The van der Waals surface area contributed by atoms with Crippen LogP contribution >= 0.6 is 23.5 Å². The Morgan fingerprint density at radius 1 is 1.53 bits per heavy atom. The minimum absolute atomic E-state index is 0.791. The topological polar surface area (TPSA) is 29.9 Å². The molecule has 0 saturated carbocycles. The molecular formula is C12H21N3S2. The lowest BCUT2D eigenvalue weighted by atomic mass is 10.3. The van der Waals surface area contributed by atoms with E-state index >= 15 is 0 Å². The second kappa shape index (κ2) is 7.34. The van der Waals surface area contributed by atoms with Gasteiger partial charge in [-0.2, -0.15) is 28.6 Å². The van der Waals surface area contributed by atoms with Gasteiger partial charge < -0.3 is 5.32 Å². The Bertz CT molecular complexity index is 321. The molecule has 1 aliphatic rings. The van der Waals surface area contributed by atoms with Crippen LogP contribution in [-0.2, 0) is 13.1 Å². The van der Waals surface area contributed by atoms with Crippen LogP contribution in [-0.4, -0.2) is 38.8 Å². The van der Waals surface area contributed by atoms with Crippen molar-refractivity contribution in [2.75, 3.05) is 23.8 Å². The van der Waals surface area contributed by atoms with E-state index in [9.17, 15) is 0 Å². The fourth-order valence-corrected chi connectivity index (χ4v) is 4.53. The Balaban J connectivity index is 1.66. The van der Waals surface area contributed by atoms with E-state index in [-0.39, 0.29) is 0 Å². The quantitative estimate of drug-likeness (QED) is 0.859. The SMILES string of the molecule is CCCn1cc(CNCC2CSCCS2)cn1. The van der Waals surface area contributed by atoms with Gasteiger partial charge in [0.1, 0.15) is 0 Å². The molecule has 1 atom stereocenters. The Hall–Kier alpha value is -0.130. The average molecular weight is 271 g/mol. The summed E-state index contributed by atoms with van der Waals surface area (Å²) >= 11 is 4.19. The van der Waals surface area contributed by atoms with E-state index in [0.717, 1.165) is 31.3 Å². The second-order valence-electron chi connectivity index (χ2n) is 4.31. The van der Waals surface area contributed by atoms with Crippen LogP contribution in [0.4, 0.5) is 0 Å². The maximum Gasteiger partial charge on any atom is 0.0534 e. The molecule has 1 aromatic heterocycles. The molecule has 1 fully saturated rings. The fraction of sp³-hybridized carbons (Fsp3) is 0.750. The Morgan fingerprint density at radius 2 is 2.47 bits per heavy atom. The van der Waals surface area contributed by atoms with Crippen LogP contribution in [0.15, 0.2) is 12.4 Å². The summed E-state index contributed by atoms with van der Waals surface area (Å²) in [4.78, 5) is 0. The van der Waals surface area contributed by atoms with E-state index in [0.29, 0.717) is 0 Å². The van der Waals surface area contributed by atoms with Gasteiger partial charge in [-0.3, -0.25) is 4.68 Å². The van der Waals surface area contributed by atoms with Crippen molar-refractivity contribution in [2.45, 2.75) is 31.7 Å². The molecule has 2 rings (SSSR count). The van der Waals surface area contributed by atoms with Crippen molar-refractivity contribution in [3.8, 4) is 0 Å². The van der Waals surface area contributed by atoms with Gasteiger partial charge in [0, 0.05) is 53.9 Å². The molecule has 5 heteroatoms. The summed E-state index contributed by atoms with van der Waals surface area (Å²) in [5.74, 6) is 3.93. The summed E-state index contributed by atoms with van der Waals surface area (Å²) in [6, 6.07) is 0. The normalized spacial score (nSPS) is 20.6. The third kappa shape index (κ3) is 4.56. The Labute approximate surface area is 112 Å². The number of aryl methyl sites for hydroxylation is 1. The minimum atomic E-state index is 0.791. The van der Waals surface area contributed by atoms with Crippen LogP contribution in [0, 0.1) is 0 Å². The summed E-state index contributed by atoms with van der Waals surface area (Å²) in [5.41, 5.74) is 1.30. The maximum absolute atomic E-state index is 4.34. The molecule has 1 unspecified atom stereocenters. The summed E-state index contributed by atoms with van der Waals surface area (Å²) in [6.45, 7) is 5.27. The highest BCUT2D eigenvalue weighted by Gasteiger charge is 2.13. The molecule has 1 N–H and O–H groups in total. The van der Waals surface area contributed by atoms with E-state index in [2.05, 4.69) is 47.1 Å². The molecule has 0 aromatic carbocycles. The molecule has 96 valence electrons. The lowest BCUT2D eigenvalue weighted by molar-refractivity contribution is 0.601. The number of hydrogen-bond acceptors (Lipinski definition) is 4. The highest BCUT2D eigenvalue weighted by Crippen LogP contribution is 2.23. The average Bonchev–Trinajstić information content (AvgIpc) is 2.79. The van der Waals surface area contributed by atoms with Gasteiger partial charge in [0.2, 0.25) is 0 Å². The smallest absolute Gasteiger partial charge is 0.0534 e. The van der Waals surface area contributed by atoms with E-state index < -0.39 is 0 Å². The molecular weight excluding hydrogens is 250 g/mol. The summed E-state index contributed by atoms with van der Waals surface area (Å²) in [5, 5.41) is 8.67. The molecule has 2 heterocycles. The summed E-state index contributed by atoms with van der Waals surface area (Å²) in [7, 11) is 0. The molecule has 1 aromatic rings. The first-order chi connectivity index (χ1) is 8.38. The van der Waals surface area contributed by atoms with Crippen molar-refractivity contribution < 1.29 is 0 Å². The molecule has 1 aliphatic heterocycles. The van der Waals surface area contributed by atoms with Crippen LogP contribution in [0.1, 0.15) is 18.9 Å². The van der Waals surface area contributed by atoms with Crippen molar-refractivity contribution in [1.82, 2.24) is 15.1 Å². The first-order valence-corrected chi connectivity index (χ1v) is 8.50. The summed E-state index contributed by atoms with van der Waals surface area (Å²) in [6.07, 6.45) is 5.27. The van der Waals surface area contributed by atoms with Crippen LogP contribution < -0.4 is 5.32 Å². The van der Waals surface area contributed by atoms with Gasteiger partial charge in [-0.15, -0.1) is 0 Å². The van der Waals surface area contributed by atoms with Crippen molar-refractivity contribution in [2.24, 2.45) is 0 Å². The molecule has 0 spiro atoms. The lowest BCUT2D eigenvalue weighted by Gasteiger charge is -2.20. The molecule has 3 nitrogen and oxygen atoms in total. The zero-order valence-electron chi connectivity index (χ0n) is 10.4. The molecule has 0 radical (unpaired) electrons. The van der Waals surface area contributed by atoms with Gasteiger partial charge in [0.25, 0.3) is 0 Å². The molecule has 0 aliphatic carbocycles. The minimum Gasteiger partial charge on any atom is -0.311 e. The Morgan fingerprint density at radius 3 is 3.24 bits per heavy atom. The van der Waals surface area contributed by atoms with E-state index in [1.165, 1.54) is 22.8 Å². The van der Waals surface area contributed by atoms with Gasteiger partial charge in [-0.05, 0) is 6.42 Å². The van der Waals surface area contributed by atoms with Gasteiger partial charge in [0.15, 0.2) is 0 Å². The maximum atomic E-state index is 4.34. The van der Waals surface area contributed by atoms with Gasteiger partial charge in [-0.25, -0.2) is 0 Å². The first-order valence-electron chi connectivity index (χ1n) is 6.30. The van der Waals surface area contributed by atoms with E-state index in [4.69, 9.17) is 0 Å². The van der Waals surface area contributed by atoms with Crippen molar-refractivity contribution >= 4 is 23.5 Å². The zero-order valence-corrected chi connectivity index (χ0v) is 12.0. The highest BCUT2D eigenvalue weighted by molar-refractivity contribution is 8.06. The summed E-state index contributed by atoms with van der Waals surface area (Å²) < 4.78 is 2.03. The standard InChI is InChI=1S/C12H21N3S2/c1-2-3-15-9-11(7-14-15)6-13-8-12-10-16-4-5-17-12/h7,9,12-13H,2-6,8,10H2,1H3. The highest BCUT2D eigenvalue weighted by atomic mass is 32.2. The lowest BCUT2D eigenvalue weighted by Crippen LogP contribution is -2.28. The number of hydrogen-bond donors (Lipinski definition) is 1. The van der Waals surface area contributed by atoms with Gasteiger partial charge in [0.05, 0.1) is 6.20 Å². The molecule has 17 heavy (non-hydrogen) atoms. The number of nitrogens with one attached hydrogen (secondary N) is 1. The number of nitrogens with zero attached hydrogens (tertiary/aromatic N) is 2. The van der Waals surface area contributed by atoms with E-state index in [1.807, 2.05) is 10.9 Å². The van der Waals surface area contributed by atoms with Gasteiger partial charge in [-0.1, -0.05) is 6.92 Å². The predicted molar refractivity (Wildman–Crippen MR) is 77.8 cm³/mol. The Kier molecular flexibility index (Phi) is 5.74. The zero-order chi connectivity index (χ0) is 11.9. The van der Waals surface area contributed by atoms with Crippen molar-refractivity contribution in [3.63, 3.8) is 0 Å². The number of thioether (sulfide) groups is 2. The molecule has 1 saturated heterocycles. The number of aromatic nitrogens is 2. The van der Waals surface area contributed by atoms with E-state index in [1.54, 1.807) is 0 Å². The monoisotopic (exact) mass is 271 g/mol. The molecule has 0 bridgehead atoms.